The summed E-state index contributed by atoms with van der Waals surface area (Å²) in [6.07, 6.45) is 6.22. The second-order valence-electron chi connectivity index (χ2n) is 4.50. The van der Waals surface area contributed by atoms with Gasteiger partial charge in [0, 0.05) is 25.8 Å². The van der Waals surface area contributed by atoms with Crippen molar-refractivity contribution < 1.29 is 4.79 Å². The summed E-state index contributed by atoms with van der Waals surface area (Å²) in [4.78, 5) is 12.0. The van der Waals surface area contributed by atoms with Gasteiger partial charge in [-0.2, -0.15) is 0 Å². The van der Waals surface area contributed by atoms with Crippen LogP contribution in [0.3, 0.4) is 0 Å². The molecule has 0 unspecified atom stereocenters. The van der Waals surface area contributed by atoms with Crippen LogP contribution < -0.4 is 10.6 Å². The van der Waals surface area contributed by atoms with Gasteiger partial charge in [-0.25, -0.2) is 0 Å². The van der Waals surface area contributed by atoms with Gasteiger partial charge in [0.1, 0.15) is 5.69 Å². The highest BCUT2D eigenvalue weighted by atomic mass is 16.1. The molecule has 1 aromatic heterocycles. The van der Waals surface area contributed by atoms with Crippen LogP contribution in [0.4, 0.5) is 0 Å². The molecule has 0 radical (unpaired) electrons. The predicted octanol–water partition coefficient (Wildman–Crippen LogP) is 1.55. The molecule has 98 valence electrons. The molecule has 4 heteroatoms. The summed E-state index contributed by atoms with van der Waals surface area (Å²) in [7, 11) is 0. The van der Waals surface area contributed by atoms with Crippen LogP contribution in [0.15, 0.2) is 30.0 Å². The Bertz CT molecular complexity index is 434. The van der Waals surface area contributed by atoms with Gasteiger partial charge in [-0.1, -0.05) is 11.6 Å². The van der Waals surface area contributed by atoms with E-state index in [1.807, 2.05) is 29.8 Å². The van der Waals surface area contributed by atoms with Gasteiger partial charge in [-0.15, -0.1) is 0 Å². The van der Waals surface area contributed by atoms with E-state index in [4.69, 9.17) is 0 Å². The Hall–Kier alpha value is -1.55. The third-order valence-corrected chi connectivity index (χ3v) is 3.29. The lowest BCUT2D eigenvalue weighted by Crippen LogP contribution is -2.28. The Morgan fingerprint density at radius 3 is 3.17 bits per heavy atom. The number of carbonyl (C=O) groups is 1. The standard InChI is InChI=1S/C14H21N3O/c1-2-17-11-3-4-13(17)14(18)16-10-7-12-5-8-15-9-6-12/h3-5,11,15H,2,6-10H2,1H3,(H,16,18). The Labute approximate surface area is 108 Å². The highest BCUT2D eigenvalue weighted by Gasteiger charge is 2.09. The molecule has 0 spiro atoms. The third kappa shape index (κ3) is 3.23. The Morgan fingerprint density at radius 1 is 1.56 bits per heavy atom. The summed E-state index contributed by atoms with van der Waals surface area (Å²) < 4.78 is 1.96. The molecule has 2 heterocycles. The molecule has 0 atom stereocenters. The molecule has 0 bridgehead atoms. The molecular formula is C14H21N3O. The van der Waals surface area contributed by atoms with Gasteiger partial charge in [0.25, 0.3) is 5.91 Å². The van der Waals surface area contributed by atoms with E-state index < -0.39 is 0 Å². The van der Waals surface area contributed by atoms with Crippen LogP contribution in [0.25, 0.3) is 0 Å². The first-order valence-corrected chi connectivity index (χ1v) is 6.63. The average molecular weight is 247 g/mol. The lowest BCUT2D eigenvalue weighted by Gasteiger charge is -2.14. The minimum Gasteiger partial charge on any atom is -0.350 e. The number of aryl methyl sites for hydroxylation is 1. The van der Waals surface area contributed by atoms with E-state index in [-0.39, 0.29) is 5.91 Å². The molecule has 0 aromatic carbocycles. The predicted molar refractivity (Wildman–Crippen MR) is 72.6 cm³/mol. The molecule has 4 nitrogen and oxygen atoms in total. The maximum absolute atomic E-state index is 12.0. The van der Waals surface area contributed by atoms with Crippen LogP contribution >= 0.6 is 0 Å². The zero-order valence-electron chi connectivity index (χ0n) is 10.9. The summed E-state index contributed by atoms with van der Waals surface area (Å²) in [5, 5.41) is 6.27. The van der Waals surface area contributed by atoms with E-state index in [0.717, 1.165) is 44.7 Å². The molecule has 0 aliphatic carbocycles. The van der Waals surface area contributed by atoms with E-state index in [1.165, 1.54) is 5.57 Å². The molecule has 2 rings (SSSR count). The molecule has 0 saturated carbocycles. The van der Waals surface area contributed by atoms with Gasteiger partial charge in [0.05, 0.1) is 0 Å². The first-order chi connectivity index (χ1) is 8.81. The van der Waals surface area contributed by atoms with Crippen LogP contribution in [-0.2, 0) is 6.54 Å². The zero-order chi connectivity index (χ0) is 12.8. The van der Waals surface area contributed by atoms with Gasteiger partial charge in [0.15, 0.2) is 0 Å². The fourth-order valence-electron chi connectivity index (χ4n) is 2.22. The first kappa shape index (κ1) is 12.9. The normalized spacial score (nSPS) is 15.3. The van der Waals surface area contributed by atoms with E-state index >= 15 is 0 Å². The van der Waals surface area contributed by atoms with E-state index in [1.54, 1.807) is 0 Å². The molecule has 1 amide bonds. The largest absolute Gasteiger partial charge is 0.350 e. The molecule has 2 N–H and O–H groups in total. The third-order valence-electron chi connectivity index (χ3n) is 3.29. The van der Waals surface area contributed by atoms with Crippen LogP contribution in [0.5, 0.6) is 0 Å². The number of hydrogen-bond donors (Lipinski definition) is 2. The van der Waals surface area contributed by atoms with E-state index in [2.05, 4.69) is 16.7 Å². The monoisotopic (exact) mass is 247 g/mol. The van der Waals surface area contributed by atoms with Gasteiger partial charge >= 0.3 is 0 Å². The highest BCUT2D eigenvalue weighted by Crippen LogP contribution is 2.08. The fraction of sp³-hybridized carbons (Fsp3) is 0.500. The van der Waals surface area contributed by atoms with Gasteiger partial charge in [-0.05, 0) is 38.4 Å². The summed E-state index contributed by atoms with van der Waals surface area (Å²) in [5.41, 5.74) is 2.19. The van der Waals surface area contributed by atoms with Crippen molar-refractivity contribution in [3.8, 4) is 0 Å². The van der Waals surface area contributed by atoms with E-state index in [0.29, 0.717) is 0 Å². The molecule has 18 heavy (non-hydrogen) atoms. The maximum atomic E-state index is 12.0. The second kappa shape index (κ2) is 6.40. The highest BCUT2D eigenvalue weighted by molar-refractivity contribution is 5.92. The number of aromatic nitrogens is 1. The van der Waals surface area contributed by atoms with E-state index in [9.17, 15) is 4.79 Å². The number of amides is 1. The van der Waals surface area contributed by atoms with Crippen molar-refractivity contribution in [3.05, 3.63) is 35.7 Å². The molecule has 1 aliphatic rings. The Morgan fingerprint density at radius 2 is 2.44 bits per heavy atom. The quantitative estimate of drug-likeness (QED) is 0.775. The number of rotatable bonds is 5. The molecular weight excluding hydrogens is 226 g/mol. The van der Waals surface area contributed by atoms with Crippen molar-refractivity contribution in [2.75, 3.05) is 19.6 Å². The Balaban J connectivity index is 1.80. The SMILES string of the molecule is CCn1cccc1C(=O)NCCC1=CCNCC1. The maximum Gasteiger partial charge on any atom is 0.267 e. The summed E-state index contributed by atoms with van der Waals surface area (Å²) >= 11 is 0. The molecule has 1 aromatic rings. The minimum atomic E-state index is 0.0244. The molecule has 0 fully saturated rings. The average Bonchev–Trinajstić information content (AvgIpc) is 2.88. The van der Waals surface area contributed by atoms with Crippen LogP contribution in [0, 0.1) is 0 Å². The van der Waals surface area contributed by atoms with Crippen molar-refractivity contribution in [1.29, 1.82) is 0 Å². The minimum absolute atomic E-state index is 0.0244. The first-order valence-electron chi connectivity index (χ1n) is 6.63. The van der Waals surface area contributed by atoms with Crippen molar-refractivity contribution in [2.24, 2.45) is 0 Å². The van der Waals surface area contributed by atoms with Crippen molar-refractivity contribution in [2.45, 2.75) is 26.3 Å². The van der Waals surface area contributed by atoms with Crippen molar-refractivity contribution >= 4 is 5.91 Å². The van der Waals surface area contributed by atoms with Crippen LogP contribution in [0.2, 0.25) is 0 Å². The smallest absolute Gasteiger partial charge is 0.267 e. The number of nitrogens with zero attached hydrogens (tertiary/aromatic N) is 1. The zero-order valence-corrected chi connectivity index (χ0v) is 10.9. The summed E-state index contributed by atoms with van der Waals surface area (Å²) in [6, 6.07) is 3.77. The van der Waals surface area contributed by atoms with Crippen LogP contribution in [-0.4, -0.2) is 30.1 Å². The second-order valence-corrected chi connectivity index (χ2v) is 4.50. The summed E-state index contributed by atoms with van der Waals surface area (Å²) in [6.45, 7) is 5.60. The van der Waals surface area contributed by atoms with Gasteiger partial charge < -0.3 is 15.2 Å². The van der Waals surface area contributed by atoms with Gasteiger partial charge in [-0.3, -0.25) is 4.79 Å². The lowest BCUT2D eigenvalue weighted by atomic mass is 10.1. The number of hydrogen-bond acceptors (Lipinski definition) is 2. The number of carbonyl (C=O) groups excluding carboxylic acids is 1. The topological polar surface area (TPSA) is 46.1 Å². The van der Waals surface area contributed by atoms with Crippen LogP contribution in [0.1, 0.15) is 30.3 Å². The van der Waals surface area contributed by atoms with Crippen molar-refractivity contribution in [1.82, 2.24) is 15.2 Å². The summed E-state index contributed by atoms with van der Waals surface area (Å²) in [5.74, 6) is 0.0244. The molecule has 0 saturated heterocycles. The molecule has 1 aliphatic heterocycles. The lowest BCUT2D eigenvalue weighted by molar-refractivity contribution is 0.0945. The Kier molecular flexibility index (Phi) is 4.59. The fourth-order valence-corrected chi connectivity index (χ4v) is 2.22. The van der Waals surface area contributed by atoms with Gasteiger partial charge in [0.2, 0.25) is 0 Å². The number of nitrogens with one attached hydrogen (secondary N) is 2. The van der Waals surface area contributed by atoms with Crippen molar-refractivity contribution in [3.63, 3.8) is 0 Å².